The molecular formula is C17H19BrClNS. The summed E-state index contributed by atoms with van der Waals surface area (Å²) in [5.41, 5.74) is 1.68. The Morgan fingerprint density at radius 1 is 1.33 bits per heavy atom. The molecule has 0 saturated heterocycles. The van der Waals surface area contributed by atoms with Crippen LogP contribution in [0.4, 0.5) is 0 Å². The van der Waals surface area contributed by atoms with Crippen molar-refractivity contribution in [2.75, 3.05) is 6.54 Å². The zero-order chi connectivity index (χ0) is 14.9. The Kier molecular flexibility index (Phi) is 4.75. The van der Waals surface area contributed by atoms with Crippen LogP contribution in [0, 0.1) is 0 Å². The lowest BCUT2D eigenvalue weighted by molar-refractivity contribution is 0.435. The molecule has 0 aliphatic heterocycles. The fourth-order valence-corrected chi connectivity index (χ4v) is 4.94. The Balaban J connectivity index is 1.96. The predicted octanol–water partition coefficient (Wildman–Crippen LogP) is 5.94. The minimum atomic E-state index is 0.240. The van der Waals surface area contributed by atoms with Crippen molar-refractivity contribution in [3.05, 3.63) is 55.6 Å². The van der Waals surface area contributed by atoms with E-state index in [2.05, 4.69) is 64.6 Å². The van der Waals surface area contributed by atoms with Crippen LogP contribution < -0.4 is 5.32 Å². The highest BCUT2D eigenvalue weighted by Gasteiger charge is 2.51. The highest BCUT2D eigenvalue weighted by atomic mass is 79.9. The zero-order valence-electron chi connectivity index (χ0n) is 12.0. The third-order valence-electron chi connectivity index (χ3n) is 4.24. The van der Waals surface area contributed by atoms with Crippen LogP contribution in [0.5, 0.6) is 0 Å². The SMILES string of the molecule is CCCNC(c1cc(Br)c(Cl)s1)C1(c2ccccc2)CC1. The Morgan fingerprint density at radius 2 is 2.05 bits per heavy atom. The Labute approximate surface area is 143 Å². The van der Waals surface area contributed by atoms with Gasteiger partial charge in [0, 0.05) is 14.8 Å². The molecule has 2 aromatic rings. The molecule has 1 aliphatic rings. The van der Waals surface area contributed by atoms with E-state index in [0.717, 1.165) is 21.8 Å². The van der Waals surface area contributed by atoms with Gasteiger partial charge in [0.1, 0.15) is 4.34 Å². The Hall–Kier alpha value is -0.350. The summed E-state index contributed by atoms with van der Waals surface area (Å²) in [5.74, 6) is 0. The van der Waals surface area contributed by atoms with Crippen molar-refractivity contribution in [1.29, 1.82) is 0 Å². The normalized spacial score (nSPS) is 17.7. The van der Waals surface area contributed by atoms with E-state index in [1.54, 1.807) is 11.3 Å². The smallest absolute Gasteiger partial charge is 0.107 e. The third kappa shape index (κ3) is 3.07. The molecule has 1 nitrogen and oxygen atoms in total. The van der Waals surface area contributed by atoms with Gasteiger partial charge in [0.15, 0.2) is 0 Å². The molecule has 112 valence electrons. The molecule has 1 fully saturated rings. The van der Waals surface area contributed by atoms with Crippen LogP contribution in [-0.2, 0) is 5.41 Å². The monoisotopic (exact) mass is 383 g/mol. The second kappa shape index (κ2) is 6.41. The van der Waals surface area contributed by atoms with Gasteiger partial charge in [-0.1, -0.05) is 48.9 Å². The molecule has 0 amide bonds. The molecule has 21 heavy (non-hydrogen) atoms. The summed E-state index contributed by atoms with van der Waals surface area (Å²) < 4.78 is 1.86. The number of thiophene rings is 1. The summed E-state index contributed by atoms with van der Waals surface area (Å²) in [6, 6.07) is 13.4. The first kappa shape index (κ1) is 15.5. The van der Waals surface area contributed by atoms with Gasteiger partial charge in [0.2, 0.25) is 0 Å². The second-order valence-corrected chi connectivity index (χ2v) is 8.22. The molecule has 1 saturated carbocycles. The molecule has 3 rings (SSSR count). The van der Waals surface area contributed by atoms with Crippen molar-refractivity contribution >= 4 is 38.9 Å². The van der Waals surface area contributed by atoms with Crippen LogP contribution in [0.1, 0.15) is 42.7 Å². The number of halogens is 2. The topological polar surface area (TPSA) is 12.0 Å². The number of rotatable bonds is 6. The number of hydrogen-bond acceptors (Lipinski definition) is 2. The van der Waals surface area contributed by atoms with E-state index in [1.165, 1.54) is 23.3 Å². The molecule has 1 N–H and O–H groups in total. The van der Waals surface area contributed by atoms with Crippen LogP contribution in [0.3, 0.4) is 0 Å². The lowest BCUT2D eigenvalue weighted by Gasteiger charge is -2.28. The number of hydrogen-bond donors (Lipinski definition) is 1. The summed E-state index contributed by atoms with van der Waals surface area (Å²) in [4.78, 5) is 1.33. The minimum absolute atomic E-state index is 0.240. The molecule has 1 aliphatic carbocycles. The van der Waals surface area contributed by atoms with Gasteiger partial charge in [-0.3, -0.25) is 0 Å². The average molecular weight is 385 g/mol. The molecule has 0 bridgehead atoms. The molecular weight excluding hydrogens is 366 g/mol. The van der Waals surface area contributed by atoms with E-state index < -0.39 is 0 Å². The van der Waals surface area contributed by atoms with Gasteiger partial charge in [-0.05, 0) is 53.4 Å². The summed E-state index contributed by atoms with van der Waals surface area (Å²) in [6.07, 6.45) is 3.62. The van der Waals surface area contributed by atoms with E-state index in [0.29, 0.717) is 6.04 Å². The van der Waals surface area contributed by atoms with Crippen LogP contribution in [0.15, 0.2) is 40.9 Å². The van der Waals surface area contributed by atoms with E-state index >= 15 is 0 Å². The minimum Gasteiger partial charge on any atom is -0.309 e. The summed E-state index contributed by atoms with van der Waals surface area (Å²) >= 11 is 11.5. The second-order valence-electron chi connectivity index (χ2n) is 5.68. The maximum absolute atomic E-state index is 6.27. The van der Waals surface area contributed by atoms with Gasteiger partial charge in [0.05, 0.1) is 6.04 Å². The van der Waals surface area contributed by atoms with Crippen molar-refractivity contribution < 1.29 is 0 Å². The fraction of sp³-hybridized carbons (Fsp3) is 0.412. The fourth-order valence-electron chi connectivity index (χ4n) is 3.01. The van der Waals surface area contributed by atoms with Gasteiger partial charge in [-0.2, -0.15) is 0 Å². The molecule has 4 heteroatoms. The van der Waals surface area contributed by atoms with Gasteiger partial charge >= 0.3 is 0 Å². The highest BCUT2D eigenvalue weighted by molar-refractivity contribution is 9.10. The maximum atomic E-state index is 6.27. The molecule has 1 aromatic carbocycles. The zero-order valence-corrected chi connectivity index (χ0v) is 15.2. The third-order valence-corrected chi connectivity index (χ3v) is 6.78. The van der Waals surface area contributed by atoms with E-state index in [4.69, 9.17) is 11.6 Å². The molecule has 1 heterocycles. The summed E-state index contributed by atoms with van der Waals surface area (Å²) in [7, 11) is 0. The summed E-state index contributed by atoms with van der Waals surface area (Å²) in [6.45, 7) is 3.25. The lowest BCUT2D eigenvalue weighted by Crippen LogP contribution is -2.32. The molecule has 0 radical (unpaired) electrons. The standard InChI is InChI=1S/C17H19BrClNS/c1-2-10-20-15(14-11-13(18)16(19)21-14)17(8-9-17)12-6-4-3-5-7-12/h3-7,11,15,20H,2,8-10H2,1H3. The van der Waals surface area contributed by atoms with E-state index in [-0.39, 0.29) is 5.41 Å². The number of benzene rings is 1. The Morgan fingerprint density at radius 3 is 2.57 bits per heavy atom. The first-order chi connectivity index (χ1) is 10.2. The van der Waals surface area contributed by atoms with E-state index in [9.17, 15) is 0 Å². The molecule has 0 spiro atoms. The molecule has 1 aromatic heterocycles. The van der Waals surface area contributed by atoms with Gasteiger partial charge < -0.3 is 5.32 Å². The van der Waals surface area contributed by atoms with Crippen molar-refractivity contribution in [2.24, 2.45) is 0 Å². The predicted molar refractivity (Wildman–Crippen MR) is 95.4 cm³/mol. The van der Waals surface area contributed by atoms with Crippen molar-refractivity contribution in [3.8, 4) is 0 Å². The Bertz CT molecular complexity index is 587. The average Bonchev–Trinajstić information content (AvgIpc) is 3.23. The van der Waals surface area contributed by atoms with Crippen molar-refractivity contribution in [2.45, 2.75) is 37.6 Å². The van der Waals surface area contributed by atoms with Crippen LogP contribution in [-0.4, -0.2) is 6.54 Å². The van der Waals surface area contributed by atoms with Crippen LogP contribution in [0.25, 0.3) is 0 Å². The maximum Gasteiger partial charge on any atom is 0.107 e. The summed E-state index contributed by atoms with van der Waals surface area (Å²) in [5, 5.41) is 3.76. The first-order valence-corrected chi connectivity index (χ1v) is 9.40. The van der Waals surface area contributed by atoms with Gasteiger partial charge in [0.25, 0.3) is 0 Å². The van der Waals surface area contributed by atoms with Crippen LogP contribution >= 0.6 is 38.9 Å². The highest BCUT2D eigenvalue weighted by Crippen LogP contribution is 2.58. The first-order valence-electron chi connectivity index (χ1n) is 7.41. The van der Waals surface area contributed by atoms with Crippen LogP contribution in [0.2, 0.25) is 4.34 Å². The molecule has 1 unspecified atom stereocenters. The van der Waals surface area contributed by atoms with Crippen molar-refractivity contribution in [1.82, 2.24) is 5.32 Å². The van der Waals surface area contributed by atoms with Crippen molar-refractivity contribution in [3.63, 3.8) is 0 Å². The quantitative estimate of drug-likeness (QED) is 0.650. The van der Waals surface area contributed by atoms with Gasteiger partial charge in [-0.15, -0.1) is 11.3 Å². The van der Waals surface area contributed by atoms with Gasteiger partial charge in [-0.25, -0.2) is 0 Å². The largest absolute Gasteiger partial charge is 0.309 e. The number of nitrogens with one attached hydrogen (secondary N) is 1. The van der Waals surface area contributed by atoms with E-state index in [1.807, 2.05) is 0 Å². The molecule has 1 atom stereocenters. The lowest BCUT2D eigenvalue weighted by atomic mass is 9.87.